The fourth-order valence-electron chi connectivity index (χ4n) is 3.82. The predicted octanol–water partition coefficient (Wildman–Crippen LogP) is 3.25. The van der Waals surface area contributed by atoms with E-state index in [4.69, 9.17) is 0 Å². The van der Waals surface area contributed by atoms with E-state index >= 15 is 0 Å². The van der Waals surface area contributed by atoms with Crippen LogP contribution in [0.1, 0.15) is 54.7 Å². The molecule has 1 saturated heterocycles. The van der Waals surface area contributed by atoms with Crippen LogP contribution < -0.4 is 0 Å². The molecule has 0 spiro atoms. The molecule has 1 atom stereocenters. The van der Waals surface area contributed by atoms with Crippen LogP contribution in [-0.2, 0) is 17.9 Å². The van der Waals surface area contributed by atoms with E-state index in [1.54, 1.807) is 6.20 Å². The van der Waals surface area contributed by atoms with Crippen molar-refractivity contribution in [2.75, 3.05) is 13.1 Å². The van der Waals surface area contributed by atoms with Gasteiger partial charge < -0.3 is 9.80 Å². The van der Waals surface area contributed by atoms with Crippen LogP contribution in [0.25, 0.3) is 0 Å². The van der Waals surface area contributed by atoms with Crippen molar-refractivity contribution < 1.29 is 9.59 Å². The van der Waals surface area contributed by atoms with Crippen LogP contribution in [-0.4, -0.2) is 50.5 Å². The number of carbonyl (C=O) groups is 2. The molecule has 2 aromatic rings. The lowest BCUT2D eigenvalue weighted by molar-refractivity contribution is -0.133. The lowest BCUT2D eigenvalue weighted by atomic mass is 10.1. The zero-order valence-electron chi connectivity index (χ0n) is 17.1. The standard InChI is InChI=1S/C22H30N4O2/c1-4-12-26-17(3)20(14-23-26)22(28)24-13-11-21(27)25(19(5-2)16-24)15-18-9-7-6-8-10-18/h6-10,14,19H,4-5,11-13,15-16H2,1-3H3/t19-/m0/s1. The van der Waals surface area contributed by atoms with Crippen molar-refractivity contribution in [1.29, 1.82) is 0 Å². The van der Waals surface area contributed by atoms with Gasteiger partial charge in [-0.3, -0.25) is 14.3 Å². The van der Waals surface area contributed by atoms with E-state index in [-0.39, 0.29) is 17.9 Å². The molecular formula is C22H30N4O2. The van der Waals surface area contributed by atoms with Crippen LogP contribution in [0.15, 0.2) is 36.5 Å². The SMILES string of the molecule is CCCn1ncc(C(=O)N2CCC(=O)N(Cc3ccccc3)[C@@H](CC)C2)c1C. The summed E-state index contributed by atoms with van der Waals surface area (Å²) in [5.41, 5.74) is 2.66. The molecule has 150 valence electrons. The molecule has 2 heterocycles. The largest absolute Gasteiger partial charge is 0.336 e. The highest BCUT2D eigenvalue weighted by atomic mass is 16.2. The first-order chi connectivity index (χ1) is 13.5. The molecule has 6 heteroatoms. The van der Waals surface area contributed by atoms with Gasteiger partial charge in [0.1, 0.15) is 0 Å². The molecule has 1 aromatic carbocycles. The summed E-state index contributed by atoms with van der Waals surface area (Å²) in [6.07, 6.45) is 3.82. The molecule has 0 radical (unpaired) electrons. The second-order valence-corrected chi connectivity index (χ2v) is 7.44. The summed E-state index contributed by atoms with van der Waals surface area (Å²) in [7, 11) is 0. The summed E-state index contributed by atoms with van der Waals surface area (Å²) in [6.45, 7) is 8.53. The first-order valence-electron chi connectivity index (χ1n) is 10.2. The minimum Gasteiger partial charge on any atom is -0.336 e. The Labute approximate surface area is 167 Å². The third-order valence-electron chi connectivity index (χ3n) is 5.51. The van der Waals surface area contributed by atoms with Crippen molar-refractivity contribution in [3.63, 3.8) is 0 Å². The van der Waals surface area contributed by atoms with Crippen molar-refractivity contribution >= 4 is 11.8 Å². The number of hydrogen-bond donors (Lipinski definition) is 0. The summed E-state index contributed by atoms with van der Waals surface area (Å²) in [4.78, 5) is 29.8. The number of benzene rings is 1. The van der Waals surface area contributed by atoms with Crippen LogP contribution in [0.3, 0.4) is 0 Å². The monoisotopic (exact) mass is 382 g/mol. The molecule has 1 aromatic heterocycles. The fraction of sp³-hybridized carbons (Fsp3) is 0.500. The Morgan fingerprint density at radius 1 is 1.21 bits per heavy atom. The zero-order valence-corrected chi connectivity index (χ0v) is 17.1. The second-order valence-electron chi connectivity index (χ2n) is 7.44. The number of nitrogens with zero attached hydrogens (tertiary/aromatic N) is 4. The number of carbonyl (C=O) groups excluding carboxylic acids is 2. The summed E-state index contributed by atoms with van der Waals surface area (Å²) >= 11 is 0. The quantitative estimate of drug-likeness (QED) is 0.771. The summed E-state index contributed by atoms with van der Waals surface area (Å²) in [5.74, 6) is 0.0945. The third-order valence-corrected chi connectivity index (χ3v) is 5.51. The molecule has 6 nitrogen and oxygen atoms in total. The van der Waals surface area contributed by atoms with Crippen molar-refractivity contribution in [3.05, 3.63) is 53.3 Å². The average Bonchev–Trinajstić information content (AvgIpc) is 2.99. The maximum atomic E-state index is 13.2. The van der Waals surface area contributed by atoms with E-state index in [1.165, 1.54) is 0 Å². The Kier molecular flexibility index (Phi) is 6.49. The molecule has 28 heavy (non-hydrogen) atoms. The van der Waals surface area contributed by atoms with Gasteiger partial charge in [-0.25, -0.2) is 0 Å². The molecule has 0 aliphatic carbocycles. The number of aromatic nitrogens is 2. The molecule has 0 unspecified atom stereocenters. The van der Waals surface area contributed by atoms with Gasteiger partial charge in [0, 0.05) is 44.3 Å². The van der Waals surface area contributed by atoms with Crippen molar-refractivity contribution in [3.8, 4) is 0 Å². The number of hydrogen-bond acceptors (Lipinski definition) is 3. The maximum absolute atomic E-state index is 13.2. The first-order valence-corrected chi connectivity index (χ1v) is 10.2. The summed E-state index contributed by atoms with van der Waals surface area (Å²) < 4.78 is 1.88. The van der Waals surface area contributed by atoms with Gasteiger partial charge in [0.25, 0.3) is 5.91 Å². The Hall–Kier alpha value is -2.63. The van der Waals surface area contributed by atoms with Crippen LogP contribution in [0.4, 0.5) is 0 Å². The summed E-state index contributed by atoms with van der Waals surface area (Å²) in [5, 5.41) is 4.36. The predicted molar refractivity (Wildman–Crippen MR) is 109 cm³/mol. The molecule has 1 aliphatic heterocycles. The lowest BCUT2D eigenvalue weighted by Gasteiger charge is -2.31. The van der Waals surface area contributed by atoms with Gasteiger partial charge in [0.2, 0.25) is 5.91 Å². The maximum Gasteiger partial charge on any atom is 0.257 e. The number of rotatable bonds is 6. The molecule has 0 N–H and O–H groups in total. The molecular weight excluding hydrogens is 352 g/mol. The van der Waals surface area contributed by atoms with Crippen LogP contribution >= 0.6 is 0 Å². The molecule has 0 saturated carbocycles. The molecule has 1 aliphatic rings. The smallest absolute Gasteiger partial charge is 0.257 e. The second kappa shape index (κ2) is 9.04. The highest BCUT2D eigenvalue weighted by Crippen LogP contribution is 2.20. The van der Waals surface area contributed by atoms with Crippen molar-refractivity contribution in [1.82, 2.24) is 19.6 Å². The van der Waals surface area contributed by atoms with E-state index in [0.29, 0.717) is 31.6 Å². The Balaban J connectivity index is 1.78. The van der Waals surface area contributed by atoms with E-state index in [0.717, 1.165) is 30.6 Å². The van der Waals surface area contributed by atoms with Gasteiger partial charge in [-0.1, -0.05) is 44.2 Å². The normalized spacial score (nSPS) is 17.7. The minimum atomic E-state index is -0.0207. The van der Waals surface area contributed by atoms with Gasteiger partial charge in [-0.15, -0.1) is 0 Å². The van der Waals surface area contributed by atoms with E-state index in [1.807, 2.05) is 51.7 Å². The molecule has 3 rings (SSSR count). The van der Waals surface area contributed by atoms with Gasteiger partial charge in [0.15, 0.2) is 0 Å². The molecule has 0 bridgehead atoms. The van der Waals surface area contributed by atoms with E-state index in [9.17, 15) is 9.59 Å². The van der Waals surface area contributed by atoms with Crippen LogP contribution in [0, 0.1) is 6.92 Å². The highest BCUT2D eigenvalue weighted by molar-refractivity contribution is 5.95. The number of aryl methyl sites for hydroxylation is 1. The summed E-state index contributed by atoms with van der Waals surface area (Å²) in [6, 6.07) is 10.1. The molecule has 2 amide bonds. The Morgan fingerprint density at radius 2 is 1.96 bits per heavy atom. The zero-order chi connectivity index (χ0) is 20.1. The Bertz CT molecular complexity index is 815. The fourth-order valence-corrected chi connectivity index (χ4v) is 3.82. The lowest BCUT2D eigenvalue weighted by Crippen LogP contribution is -2.43. The van der Waals surface area contributed by atoms with Crippen LogP contribution in [0.2, 0.25) is 0 Å². The van der Waals surface area contributed by atoms with E-state index in [2.05, 4.69) is 18.9 Å². The average molecular weight is 383 g/mol. The first kappa shape index (κ1) is 20.1. The van der Waals surface area contributed by atoms with Gasteiger partial charge in [-0.2, -0.15) is 5.10 Å². The van der Waals surface area contributed by atoms with Gasteiger partial charge >= 0.3 is 0 Å². The minimum absolute atomic E-state index is 0.0187. The number of amides is 2. The van der Waals surface area contributed by atoms with Crippen molar-refractivity contribution in [2.24, 2.45) is 0 Å². The van der Waals surface area contributed by atoms with Crippen LogP contribution in [0.5, 0.6) is 0 Å². The van der Waals surface area contributed by atoms with Gasteiger partial charge in [-0.05, 0) is 25.3 Å². The third kappa shape index (κ3) is 4.26. The van der Waals surface area contributed by atoms with E-state index < -0.39 is 0 Å². The topological polar surface area (TPSA) is 58.4 Å². The van der Waals surface area contributed by atoms with Crippen molar-refractivity contribution in [2.45, 2.75) is 59.2 Å². The molecule has 1 fully saturated rings. The Morgan fingerprint density at radius 3 is 2.64 bits per heavy atom. The van der Waals surface area contributed by atoms with Gasteiger partial charge in [0.05, 0.1) is 11.8 Å². The highest BCUT2D eigenvalue weighted by Gasteiger charge is 2.32.